The first-order chi connectivity index (χ1) is 9.48. The van der Waals surface area contributed by atoms with E-state index in [0.717, 1.165) is 18.4 Å². The summed E-state index contributed by atoms with van der Waals surface area (Å²) in [5.74, 6) is 0.567. The van der Waals surface area contributed by atoms with Crippen LogP contribution in [0.5, 0.6) is 5.88 Å². The topological polar surface area (TPSA) is 84.3 Å². The summed E-state index contributed by atoms with van der Waals surface area (Å²) in [4.78, 5) is 19.9. The Labute approximate surface area is 118 Å². The molecule has 6 nitrogen and oxygen atoms in total. The second-order valence-corrected chi connectivity index (χ2v) is 5.57. The lowest BCUT2D eigenvalue weighted by atomic mass is 9.76. The average molecular weight is 279 g/mol. The van der Waals surface area contributed by atoms with Crippen LogP contribution in [0.25, 0.3) is 0 Å². The number of hydrogen-bond donors (Lipinski definition) is 2. The largest absolute Gasteiger partial charge is 0.481 e. The number of nitrogens with one attached hydrogen (secondary N) is 1. The number of ether oxygens (including phenoxy) is 1. The fraction of sp³-hybridized carbons (Fsp3) is 0.643. The van der Waals surface area contributed by atoms with Crippen molar-refractivity contribution >= 4 is 11.8 Å². The van der Waals surface area contributed by atoms with Gasteiger partial charge in [0.15, 0.2) is 0 Å². The molecule has 0 amide bonds. The van der Waals surface area contributed by atoms with Crippen LogP contribution in [0.1, 0.15) is 38.2 Å². The number of carboxylic acids is 1. The molecule has 2 rings (SSSR count). The van der Waals surface area contributed by atoms with Gasteiger partial charge in [-0.05, 0) is 25.7 Å². The molecule has 20 heavy (non-hydrogen) atoms. The predicted octanol–water partition coefficient (Wildman–Crippen LogP) is 2.24. The highest BCUT2D eigenvalue weighted by Crippen LogP contribution is 2.36. The molecule has 0 aromatic carbocycles. The van der Waals surface area contributed by atoms with Crippen LogP contribution >= 0.6 is 0 Å². The van der Waals surface area contributed by atoms with Gasteiger partial charge in [0.2, 0.25) is 5.88 Å². The quantitative estimate of drug-likeness (QED) is 0.879. The fourth-order valence-corrected chi connectivity index (χ4v) is 2.90. The van der Waals surface area contributed by atoms with Crippen molar-refractivity contribution in [1.82, 2.24) is 9.97 Å². The Morgan fingerprint density at radius 1 is 1.55 bits per heavy atom. The Balaban J connectivity index is 2.31. The van der Waals surface area contributed by atoms with Crippen molar-refractivity contribution in [2.24, 2.45) is 5.92 Å². The third kappa shape index (κ3) is 2.69. The molecule has 1 aliphatic rings. The minimum Gasteiger partial charge on any atom is -0.481 e. The number of hydrogen-bond acceptors (Lipinski definition) is 5. The zero-order chi connectivity index (χ0) is 14.8. The van der Waals surface area contributed by atoms with E-state index in [9.17, 15) is 9.90 Å². The van der Waals surface area contributed by atoms with E-state index in [4.69, 9.17) is 4.74 Å². The van der Waals surface area contributed by atoms with E-state index in [0.29, 0.717) is 30.5 Å². The van der Waals surface area contributed by atoms with E-state index in [-0.39, 0.29) is 0 Å². The highest BCUT2D eigenvalue weighted by Gasteiger charge is 2.42. The zero-order valence-electron chi connectivity index (χ0n) is 12.1. The van der Waals surface area contributed by atoms with Crippen LogP contribution < -0.4 is 10.1 Å². The Kier molecular flexibility index (Phi) is 4.11. The van der Waals surface area contributed by atoms with Crippen LogP contribution in [0, 0.1) is 12.8 Å². The lowest BCUT2D eigenvalue weighted by Crippen LogP contribution is -2.50. The van der Waals surface area contributed by atoms with Gasteiger partial charge in [0.05, 0.1) is 12.7 Å². The smallest absolute Gasteiger partial charge is 0.329 e. The van der Waals surface area contributed by atoms with E-state index >= 15 is 0 Å². The number of nitrogens with zero attached hydrogens (tertiary/aromatic N) is 2. The number of carboxylic acid groups (broad SMARTS) is 1. The molecule has 0 saturated heterocycles. The van der Waals surface area contributed by atoms with Gasteiger partial charge < -0.3 is 15.2 Å². The van der Waals surface area contributed by atoms with Crippen molar-refractivity contribution < 1.29 is 14.6 Å². The maximum Gasteiger partial charge on any atom is 0.329 e. The number of carbonyl (C=O) groups is 1. The molecule has 2 unspecified atom stereocenters. The van der Waals surface area contributed by atoms with Gasteiger partial charge in [0, 0.05) is 0 Å². The van der Waals surface area contributed by atoms with Crippen LogP contribution in [0.2, 0.25) is 0 Å². The molecule has 0 spiro atoms. The van der Waals surface area contributed by atoms with Crippen LogP contribution in [0.15, 0.2) is 6.33 Å². The highest BCUT2D eigenvalue weighted by atomic mass is 16.5. The lowest BCUT2D eigenvalue weighted by molar-refractivity contribution is -0.144. The van der Waals surface area contributed by atoms with Crippen LogP contribution in [-0.4, -0.2) is 33.7 Å². The molecule has 2 N–H and O–H groups in total. The molecule has 0 aliphatic heterocycles. The van der Waals surface area contributed by atoms with Crippen molar-refractivity contribution in [1.29, 1.82) is 0 Å². The number of methoxy groups -OCH3 is 1. The molecule has 1 aromatic rings. The first-order valence-electron chi connectivity index (χ1n) is 6.85. The molecule has 0 bridgehead atoms. The Bertz CT molecular complexity index is 506. The summed E-state index contributed by atoms with van der Waals surface area (Å²) in [6, 6.07) is 0. The Hall–Kier alpha value is -1.85. The summed E-state index contributed by atoms with van der Waals surface area (Å²) in [6.07, 6.45) is 4.58. The van der Waals surface area contributed by atoms with Crippen molar-refractivity contribution in [2.45, 2.75) is 45.1 Å². The van der Waals surface area contributed by atoms with E-state index < -0.39 is 11.5 Å². The first kappa shape index (κ1) is 14.6. The summed E-state index contributed by atoms with van der Waals surface area (Å²) in [5, 5.41) is 12.8. The van der Waals surface area contributed by atoms with Gasteiger partial charge in [0.25, 0.3) is 0 Å². The standard InChI is InChI=1S/C14H21N3O3/c1-9-5-4-6-14(7-9,13(18)19)17-11-10(2)12(20-3)16-8-15-11/h8-9H,4-7H2,1-3H3,(H,18,19)(H,15,16,17). The normalized spacial score (nSPS) is 26.1. The van der Waals surface area contributed by atoms with E-state index in [1.54, 1.807) is 0 Å². The number of anilines is 1. The molecule has 110 valence electrons. The molecule has 1 aromatic heterocycles. The maximum atomic E-state index is 11.8. The summed E-state index contributed by atoms with van der Waals surface area (Å²) < 4.78 is 5.15. The van der Waals surface area contributed by atoms with Crippen molar-refractivity contribution in [3.05, 3.63) is 11.9 Å². The fourth-order valence-electron chi connectivity index (χ4n) is 2.90. The average Bonchev–Trinajstić information content (AvgIpc) is 2.41. The third-order valence-electron chi connectivity index (χ3n) is 4.00. The summed E-state index contributed by atoms with van der Waals surface area (Å²) in [6.45, 7) is 3.91. The molecule has 1 heterocycles. The summed E-state index contributed by atoms with van der Waals surface area (Å²) in [7, 11) is 1.54. The molecular formula is C14H21N3O3. The Morgan fingerprint density at radius 3 is 2.90 bits per heavy atom. The van der Waals surface area contributed by atoms with Gasteiger partial charge in [-0.3, -0.25) is 0 Å². The third-order valence-corrected chi connectivity index (χ3v) is 4.00. The van der Waals surface area contributed by atoms with Crippen LogP contribution in [0.3, 0.4) is 0 Å². The van der Waals surface area contributed by atoms with Gasteiger partial charge in [-0.2, -0.15) is 0 Å². The second kappa shape index (κ2) is 5.64. The number of aromatic nitrogens is 2. The molecule has 2 atom stereocenters. The predicted molar refractivity (Wildman–Crippen MR) is 74.9 cm³/mol. The minimum atomic E-state index is -0.943. The van der Waals surface area contributed by atoms with Crippen molar-refractivity contribution in [3.63, 3.8) is 0 Å². The lowest BCUT2D eigenvalue weighted by Gasteiger charge is -2.37. The molecule has 6 heteroatoms. The van der Waals surface area contributed by atoms with E-state index in [1.807, 2.05) is 6.92 Å². The zero-order valence-corrected chi connectivity index (χ0v) is 12.1. The van der Waals surface area contributed by atoms with Crippen LogP contribution in [-0.2, 0) is 4.79 Å². The van der Waals surface area contributed by atoms with Gasteiger partial charge in [-0.15, -0.1) is 0 Å². The van der Waals surface area contributed by atoms with Gasteiger partial charge in [-0.25, -0.2) is 14.8 Å². The molecule has 1 aliphatic carbocycles. The molecule has 1 fully saturated rings. The number of aliphatic carboxylic acids is 1. The first-order valence-corrected chi connectivity index (χ1v) is 6.85. The van der Waals surface area contributed by atoms with Gasteiger partial charge in [-0.1, -0.05) is 19.8 Å². The van der Waals surface area contributed by atoms with Crippen molar-refractivity contribution in [3.8, 4) is 5.88 Å². The Morgan fingerprint density at radius 2 is 2.30 bits per heavy atom. The monoisotopic (exact) mass is 279 g/mol. The number of rotatable bonds is 4. The SMILES string of the molecule is COc1ncnc(NC2(C(=O)O)CCCC(C)C2)c1C. The summed E-state index contributed by atoms with van der Waals surface area (Å²) in [5.41, 5.74) is -0.212. The van der Waals surface area contributed by atoms with Crippen LogP contribution in [0.4, 0.5) is 5.82 Å². The molecular weight excluding hydrogens is 258 g/mol. The molecule has 0 radical (unpaired) electrons. The summed E-state index contributed by atoms with van der Waals surface area (Å²) >= 11 is 0. The van der Waals surface area contributed by atoms with Gasteiger partial charge >= 0.3 is 5.97 Å². The second-order valence-electron chi connectivity index (χ2n) is 5.57. The maximum absolute atomic E-state index is 11.8. The van der Waals surface area contributed by atoms with E-state index in [2.05, 4.69) is 22.2 Å². The minimum absolute atomic E-state index is 0.386. The van der Waals surface area contributed by atoms with Gasteiger partial charge in [0.1, 0.15) is 17.7 Å². The van der Waals surface area contributed by atoms with E-state index in [1.165, 1.54) is 13.4 Å². The highest BCUT2D eigenvalue weighted by molar-refractivity contribution is 5.83. The van der Waals surface area contributed by atoms with Crippen molar-refractivity contribution in [2.75, 3.05) is 12.4 Å². The molecule has 1 saturated carbocycles.